The molecule has 2 unspecified atom stereocenters. The number of ether oxygens (including phenoxy) is 1. The molecular weight excluding hydrogens is 282 g/mol. The molecule has 1 N–H and O–H groups in total. The van der Waals surface area contributed by atoms with Crippen LogP contribution in [0.4, 0.5) is 0 Å². The van der Waals surface area contributed by atoms with Crippen LogP contribution in [0.1, 0.15) is 36.3 Å². The molecule has 1 aromatic rings. The van der Waals surface area contributed by atoms with Crippen LogP contribution in [0.15, 0.2) is 24.3 Å². The number of aryl methyl sites for hydroxylation is 1. The molecule has 0 bridgehead atoms. The Hall–Kier alpha value is -1.88. The lowest BCUT2D eigenvalue weighted by molar-refractivity contribution is -0.158. The normalized spacial score (nSPS) is 24.6. The van der Waals surface area contributed by atoms with Gasteiger partial charge in [0.05, 0.1) is 13.2 Å². The fourth-order valence-electron chi connectivity index (χ4n) is 3.50. The van der Waals surface area contributed by atoms with Crippen molar-refractivity contribution in [1.82, 2.24) is 4.90 Å². The van der Waals surface area contributed by atoms with Crippen LogP contribution in [0.25, 0.3) is 0 Å². The first kappa shape index (κ1) is 15.0. The van der Waals surface area contributed by atoms with Crippen molar-refractivity contribution in [3.8, 4) is 0 Å². The van der Waals surface area contributed by atoms with Gasteiger partial charge in [0.25, 0.3) is 0 Å². The monoisotopic (exact) mass is 303 g/mol. The van der Waals surface area contributed by atoms with Gasteiger partial charge in [0.1, 0.15) is 0 Å². The van der Waals surface area contributed by atoms with E-state index in [1.165, 1.54) is 16.0 Å². The Labute approximate surface area is 129 Å². The van der Waals surface area contributed by atoms with Gasteiger partial charge in [0.2, 0.25) is 5.91 Å². The number of fused-ring (bicyclic) bond motifs is 1. The predicted molar refractivity (Wildman–Crippen MR) is 80.7 cm³/mol. The Balaban J connectivity index is 1.73. The van der Waals surface area contributed by atoms with Gasteiger partial charge in [-0.25, -0.2) is 4.79 Å². The van der Waals surface area contributed by atoms with Gasteiger partial charge in [-0.05, 0) is 36.3 Å². The standard InChI is InChI=1S/C17H21NO4/c19-16(18-8-9-22-11-15(18)17(20)21)10-13-6-3-5-12-4-1-2-7-14(12)13/h1-2,4,7,13,15H,3,5-6,8-11H2,(H,20,21). The summed E-state index contributed by atoms with van der Waals surface area (Å²) in [5.74, 6) is -0.857. The lowest BCUT2D eigenvalue weighted by atomic mass is 9.81. The van der Waals surface area contributed by atoms with Gasteiger partial charge in [-0.2, -0.15) is 0 Å². The summed E-state index contributed by atoms with van der Waals surface area (Å²) in [6, 6.07) is 7.42. The maximum absolute atomic E-state index is 12.6. The first-order valence-corrected chi connectivity index (χ1v) is 7.84. The molecule has 2 aliphatic rings. The second kappa shape index (κ2) is 6.48. The molecule has 1 aliphatic carbocycles. The number of hydrogen-bond acceptors (Lipinski definition) is 3. The van der Waals surface area contributed by atoms with Gasteiger partial charge >= 0.3 is 5.97 Å². The highest BCUT2D eigenvalue weighted by Gasteiger charge is 2.34. The number of carboxylic acid groups (broad SMARTS) is 1. The number of aliphatic carboxylic acids is 1. The van der Waals surface area contributed by atoms with Crippen molar-refractivity contribution in [3.63, 3.8) is 0 Å². The highest BCUT2D eigenvalue weighted by molar-refractivity contribution is 5.84. The smallest absolute Gasteiger partial charge is 0.328 e. The topological polar surface area (TPSA) is 66.8 Å². The lowest BCUT2D eigenvalue weighted by Gasteiger charge is -2.34. The van der Waals surface area contributed by atoms with Gasteiger partial charge in [0, 0.05) is 13.0 Å². The second-order valence-electron chi connectivity index (χ2n) is 6.01. The van der Waals surface area contributed by atoms with E-state index in [2.05, 4.69) is 12.1 Å². The van der Waals surface area contributed by atoms with Gasteiger partial charge in [-0.1, -0.05) is 24.3 Å². The van der Waals surface area contributed by atoms with Crippen LogP contribution in [0.2, 0.25) is 0 Å². The van der Waals surface area contributed by atoms with Crippen molar-refractivity contribution in [2.75, 3.05) is 19.8 Å². The number of carbonyl (C=O) groups is 2. The number of benzene rings is 1. The zero-order chi connectivity index (χ0) is 15.5. The number of carboxylic acids is 1. The van der Waals surface area contributed by atoms with E-state index in [0.29, 0.717) is 19.6 Å². The zero-order valence-corrected chi connectivity index (χ0v) is 12.5. The highest BCUT2D eigenvalue weighted by Crippen LogP contribution is 2.34. The van der Waals surface area contributed by atoms with Crippen LogP contribution in [-0.4, -0.2) is 47.7 Å². The first-order valence-electron chi connectivity index (χ1n) is 7.84. The SMILES string of the molecule is O=C(O)C1COCCN1C(=O)CC1CCCc2ccccc21. The van der Waals surface area contributed by atoms with Crippen molar-refractivity contribution in [3.05, 3.63) is 35.4 Å². The number of amides is 1. The van der Waals surface area contributed by atoms with E-state index in [9.17, 15) is 14.7 Å². The zero-order valence-electron chi connectivity index (χ0n) is 12.5. The third-order valence-corrected chi connectivity index (χ3v) is 4.65. The van der Waals surface area contributed by atoms with Crippen molar-refractivity contribution >= 4 is 11.9 Å². The Bertz CT molecular complexity index is 572. The minimum Gasteiger partial charge on any atom is -0.480 e. The third-order valence-electron chi connectivity index (χ3n) is 4.65. The van der Waals surface area contributed by atoms with E-state index in [-0.39, 0.29) is 18.4 Å². The molecule has 3 rings (SSSR count). The average Bonchev–Trinajstić information content (AvgIpc) is 2.55. The highest BCUT2D eigenvalue weighted by atomic mass is 16.5. The van der Waals surface area contributed by atoms with E-state index in [1.807, 2.05) is 12.1 Å². The van der Waals surface area contributed by atoms with Crippen LogP contribution < -0.4 is 0 Å². The number of carbonyl (C=O) groups excluding carboxylic acids is 1. The molecule has 118 valence electrons. The first-order chi connectivity index (χ1) is 10.7. The summed E-state index contributed by atoms with van der Waals surface area (Å²) >= 11 is 0. The molecule has 1 aromatic carbocycles. The minimum atomic E-state index is -0.989. The number of nitrogens with zero attached hydrogens (tertiary/aromatic N) is 1. The Morgan fingerprint density at radius 3 is 2.95 bits per heavy atom. The van der Waals surface area contributed by atoms with Crippen molar-refractivity contribution < 1.29 is 19.4 Å². The number of hydrogen-bond donors (Lipinski definition) is 1. The second-order valence-corrected chi connectivity index (χ2v) is 6.01. The van der Waals surface area contributed by atoms with E-state index in [0.717, 1.165) is 19.3 Å². The molecule has 0 spiro atoms. The van der Waals surface area contributed by atoms with Gasteiger partial charge < -0.3 is 14.7 Å². The molecular formula is C17H21NO4. The molecule has 0 saturated carbocycles. The minimum absolute atomic E-state index is 0.0718. The summed E-state index contributed by atoms with van der Waals surface area (Å²) in [6.45, 7) is 0.864. The van der Waals surface area contributed by atoms with Crippen molar-refractivity contribution in [2.24, 2.45) is 0 Å². The van der Waals surface area contributed by atoms with E-state index < -0.39 is 12.0 Å². The van der Waals surface area contributed by atoms with Crippen molar-refractivity contribution in [1.29, 1.82) is 0 Å². The van der Waals surface area contributed by atoms with Crippen molar-refractivity contribution in [2.45, 2.75) is 37.6 Å². The Morgan fingerprint density at radius 2 is 2.14 bits per heavy atom. The summed E-state index contributed by atoms with van der Waals surface area (Å²) < 4.78 is 5.20. The Morgan fingerprint density at radius 1 is 1.32 bits per heavy atom. The molecule has 1 amide bonds. The van der Waals surface area contributed by atoms with Crippen LogP contribution in [0.3, 0.4) is 0 Å². The molecule has 1 heterocycles. The summed E-state index contributed by atoms with van der Waals surface area (Å²) in [5.41, 5.74) is 2.57. The van der Waals surface area contributed by atoms with E-state index >= 15 is 0 Å². The quantitative estimate of drug-likeness (QED) is 0.925. The fraction of sp³-hybridized carbons (Fsp3) is 0.529. The van der Waals surface area contributed by atoms with Crippen LogP contribution in [0, 0.1) is 0 Å². The molecule has 0 radical (unpaired) electrons. The summed E-state index contributed by atoms with van der Waals surface area (Å²) in [4.78, 5) is 25.4. The maximum Gasteiger partial charge on any atom is 0.328 e. The molecule has 0 aromatic heterocycles. The summed E-state index contributed by atoms with van der Waals surface area (Å²) in [6.07, 6.45) is 3.53. The predicted octanol–water partition coefficient (Wildman–Crippen LogP) is 1.81. The Kier molecular flexibility index (Phi) is 4.43. The average molecular weight is 303 g/mol. The van der Waals surface area contributed by atoms with E-state index in [4.69, 9.17) is 4.74 Å². The van der Waals surface area contributed by atoms with Crippen LogP contribution in [-0.2, 0) is 20.7 Å². The maximum atomic E-state index is 12.6. The summed E-state index contributed by atoms with van der Waals surface area (Å²) in [5, 5.41) is 9.25. The number of rotatable bonds is 3. The molecule has 5 nitrogen and oxygen atoms in total. The molecule has 1 saturated heterocycles. The van der Waals surface area contributed by atoms with Crippen LogP contribution >= 0.6 is 0 Å². The summed E-state index contributed by atoms with van der Waals surface area (Å²) in [7, 11) is 0. The largest absolute Gasteiger partial charge is 0.480 e. The van der Waals surface area contributed by atoms with Gasteiger partial charge in [-0.15, -0.1) is 0 Å². The molecule has 1 aliphatic heterocycles. The molecule has 2 atom stereocenters. The van der Waals surface area contributed by atoms with Gasteiger partial charge in [-0.3, -0.25) is 4.79 Å². The third kappa shape index (κ3) is 2.99. The number of morpholine rings is 1. The van der Waals surface area contributed by atoms with E-state index in [1.54, 1.807) is 0 Å². The molecule has 5 heteroatoms. The molecule has 1 fully saturated rings. The van der Waals surface area contributed by atoms with Crippen LogP contribution in [0.5, 0.6) is 0 Å². The lowest BCUT2D eigenvalue weighted by Crippen LogP contribution is -2.52. The van der Waals surface area contributed by atoms with Gasteiger partial charge in [0.15, 0.2) is 6.04 Å². The molecule has 22 heavy (non-hydrogen) atoms. The fourth-order valence-corrected chi connectivity index (χ4v) is 3.50.